The van der Waals surface area contributed by atoms with Crippen molar-refractivity contribution in [2.24, 2.45) is 0 Å². The Morgan fingerprint density at radius 1 is 1.08 bits per heavy atom. The highest BCUT2D eigenvalue weighted by molar-refractivity contribution is 5.32. The lowest BCUT2D eigenvalue weighted by Gasteiger charge is -2.11. The van der Waals surface area contributed by atoms with E-state index in [1.807, 2.05) is 0 Å². The largest absolute Gasteiger partial charge is 0.412 e. The van der Waals surface area contributed by atoms with Crippen LogP contribution in [0.5, 0.6) is 0 Å². The Hall–Kier alpha value is -0.730. The number of alkyl halides is 3. The monoisotopic (exact) mass is 178 g/mol. The zero-order valence-electron chi connectivity index (χ0n) is 7.71. The van der Waals surface area contributed by atoms with E-state index in [2.05, 4.69) is 0 Å². The van der Waals surface area contributed by atoms with Crippen LogP contribution in [0, 0.1) is 0 Å². The molecule has 0 saturated heterocycles. The number of halogens is 3. The van der Waals surface area contributed by atoms with E-state index in [1.165, 1.54) is 6.92 Å². The molecule has 0 aromatic heterocycles. The molecule has 0 radical (unpaired) electrons. The summed E-state index contributed by atoms with van der Waals surface area (Å²) in [5.74, 6) is 0. The summed E-state index contributed by atoms with van der Waals surface area (Å²) in [4.78, 5) is 0. The minimum absolute atomic E-state index is 0.310. The van der Waals surface area contributed by atoms with Crippen LogP contribution in [0.2, 0.25) is 0 Å². The van der Waals surface area contributed by atoms with Crippen LogP contribution in [0.3, 0.4) is 0 Å². The van der Waals surface area contributed by atoms with Crippen molar-refractivity contribution in [3.8, 4) is 0 Å². The molecule has 0 heterocycles. The summed E-state index contributed by atoms with van der Waals surface area (Å²) >= 11 is 0. The van der Waals surface area contributed by atoms with Gasteiger partial charge < -0.3 is 0 Å². The van der Waals surface area contributed by atoms with E-state index in [0.29, 0.717) is 11.1 Å². The van der Waals surface area contributed by atoms with Crippen molar-refractivity contribution >= 4 is 0 Å². The normalized spacial score (nSPS) is 16.1. The smallest absolute Gasteiger partial charge is 0.166 e. The predicted octanol–water partition coefficient (Wildman–Crippen LogP) is 3.85. The highest BCUT2D eigenvalue weighted by atomic mass is 19.4. The summed E-state index contributed by atoms with van der Waals surface area (Å²) in [6.45, 7) is 5.98. The molecule has 0 N–H and O–H groups in total. The molecule has 12 heavy (non-hydrogen) atoms. The van der Waals surface area contributed by atoms with Gasteiger partial charge in [0, 0.05) is 5.57 Å². The van der Waals surface area contributed by atoms with Crippen molar-refractivity contribution in [3.63, 3.8) is 0 Å². The van der Waals surface area contributed by atoms with Gasteiger partial charge in [-0.3, -0.25) is 0 Å². The molecule has 70 valence electrons. The molecule has 0 atom stereocenters. The lowest BCUT2D eigenvalue weighted by atomic mass is 10.0. The van der Waals surface area contributed by atoms with Gasteiger partial charge in [0.05, 0.1) is 0 Å². The molecule has 0 nitrogen and oxygen atoms in total. The summed E-state index contributed by atoms with van der Waals surface area (Å²) in [7, 11) is 0. The number of hydrogen-bond acceptors (Lipinski definition) is 0. The first kappa shape index (κ1) is 11.3. The second-order valence-corrected chi connectivity index (χ2v) is 2.72. The van der Waals surface area contributed by atoms with E-state index in [-0.39, 0.29) is 0 Å². The molecule has 0 bridgehead atoms. The van der Waals surface area contributed by atoms with Crippen LogP contribution < -0.4 is 0 Å². The minimum atomic E-state index is -4.20. The summed E-state index contributed by atoms with van der Waals surface area (Å²) in [6, 6.07) is 0. The highest BCUT2D eigenvalue weighted by Crippen LogP contribution is 2.29. The van der Waals surface area contributed by atoms with Gasteiger partial charge in [0.25, 0.3) is 0 Å². The first-order chi connectivity index (χ1) is 5.30. The van der Waals surface area contributed by atoms with E-state index in [4.69, 9.17) is 0 Å². The third kappa shape index (κ3) is 2.72. The topological polar surface area (TPSA) is 0 Å². The second-order valence-electron chi connectivity index (χ2n) is 2.72. The van der Waals surface area contributed by atoms with Gasteiger partial charge in [-0.05, 0) is 33.3 Å². The van der Waals surface area contributed by atoms with Gasteiger partial charge in [0.15, 0.2) is 0 Å². The molecule has 0 aliphatic heterocycles. The summed E-state index contributed by atoms with van der Waals surface area (Å²) in [6.07, 6.45) is -2.53. The Morgan fingerprint density at radius 2 is 1.50 bits per heavy atom. The summed E-state index contributed by atoms with van der Waals surface area (Å²) in [5, 5.41) is 0. The van der Waals surface area contributed by atoms with E-state index < -0.39 is 11.7 Å². The first-order valence-corrected chi connectivity index (χ1v) is 3.68. The average molecular weight is 178 g/mol. The fourth-order valence-corrected chi connectivity index (χ4v) is 0.725. The lowest BCUT2D eigenvalue weighted by Crippen LogP contribution is -2.11. The maximum atomic E-state index is 12.1. The molecule has 3 heteroatoms. The van der Waals surface area contributed by atoms with Crippen molar-refractivity contribution in [3.05, 3.63) is 22.8 Å². The van der Waals surface area contributed by atoms with Crippen molar-refractivity contribution in [2.45, 2.75) is 33.9 Å². The summed E-state index contributed by atoms with van der Waals surface area (Å²) < 4.78 is 36.3. The Labute approximate surface area is 70.8 Å². The number of hydrogen-bond donors (Lipinski definition) is 0. The van der Waals surface area contributed by atoms with Gasteiger partial charge in [-0.1, -0.05) is 11.6 Å². The fourth-order valence-electron chi connectivity index (χ4n) is 0.725. The zero-order chi connectivity index (χ0) is 9.94. The number of allylic oxidation sites excluding steroid dienone is 4. The zero-order valence-corrected chi connectivity index (χ0v) is 7.71. The van der Waals surface area contributed by atoms with Crippen LogP contribution in [0.25, 0.3) is 0 Å². The second kappa shape index (κ2) is 3.78. The van der Waals surface area contributed by atoms with Gasteiger partial charge in [-0.15, -0.1) is 0 Å². The molecule has 0 saturated carbocycles. The van der Waals surface area contributed by atoms with Crippen LogP contribution in [0.15, 0.2) is 22.8 Å². The molecule has 0 aromatic carbocycles. The van der Waals surface area contributed by atoms with Crippen LogP contribution in [-0.4, -0.2) is 6.18 Å². The molecule has 0 amide bonds. The van der Waals surface area contributed by atoms with Gasteiger partial charge in [-0.2, -0.15) is 13.2 Å². The van der Waals surface area contributed by atoms with Crippen molar-refractivity contribution in [1.82, 2.24) is 0 Å². The van der Waals surface area contributed by atoms with Gasteiger partial charge in [0.2, 0.25) is 0 Å². The van der Waals surface area contributed by atoms with Crippen LogP contribution in [0.1, 0.15) is 27.7 Å². The Kier molecular flexibility index (Phi) is 3.55. The molecule has 0 aromatic rings. The van der Waals surface area contributed by atoms with Crippen molar-refractivity contribution < 1.29 is 13.2 Å². The maximum Gasteiger partial charge on any atom is 0.412 e. The van der Waals surface area contributed by atoms with Crippen LogP contribution in [-0.2, 0) is 0 Å². The van der Waals surface area contributed by atoms with Crippen LogP contribution >= 0.6 is 0 Å². The average Bonchev–Trinajstić information content (AvgIpc) is 1.98. The van der Waals surface area contributed by atoms with Gasteiger partial charge >= 0.3 is 6.18 Å². The first-order valence-electron chi connectivity index (χ1n) is 3.68. The molecule has 0 rings (SSSR count). The molecular formula is C9H13F3. The minimum Gasteiger partial charge on any atom is -0.166 e. The van der Waals surface area contributed by atoms with Crippen molar-refractivity contribution in [1.29, 1.82) is 0 Å². The third-order valence-corrected chi connectivity index (χ3v) is 2.01. The molecule has 0 unspecified atom stereocenters. The Bertz CT molecular complexity index is 218. The summed E-state index contributed by atoms with van der Waals surface area (Å²) in [5.41, 5.74) is 0.466. The Balaban J connectivity index is 4.96. The third-order valence-electron chi connectivity index (χ3n) is 2.01. The molecule has 0 fully saturated rings. The van der Waals surface area contributed by atoms with Crippen molar-refractivity contribution in [2.75, 3.05) is 0 Å². The molecular weight excluding hydrogens is 165 g/mol. The van der Waals surface area contributed by atoms with Gasteiger partial charge in [-0.25, -0.2) is 0 Å². The SMILES string of the molecule is C/C=C(C)/C(C)=C(\C)C(F)(F)F. The molecule has 0 aliphatic carbocycles. The Morgan fingerprint density at radius 3 is 1.75 bits per heavy atom. The molecule has 0 aliphatic rings. The fraction of sp³-hybridized carbons (Fsp3) is 0.556. The predicted molar refractivity (Wildman–Crippen MR) is 43.9 cm³/mol. The van der Waals surface area contributed by atoms with E-state index in [1.54, 1.807) is 19.9 Å². The molecule has 0 spiro atoms. The van der Waals surface area contributed by atoms with Gasteiger partial charge in [0.1, 0.15) is 0 Å². The highest BCUT2D eigenvalue weighted by Gasteiger charge is 2.31. The standard InChI is InChI=1S/C9H13F3/c1-5-6(2)7(3)8(4)9(10,11)12/h5H,1-4H3/b6-5+,8-7+. The lowest BCUT2D eigenvalue weighted by molar-refractivity contribution is -0.0920. The quantitative estimate of drug-likeness (QED) is 0.535. The van der Waals surface area contributed by atoms with E-state index >= 15 is 0 Å². The number of rotatable bonds is 1. The maximum absolute atomic E-state index is 12.1. The van der Waals surface area contributed by atoms with E-state index in [9.17, 15) is 13.2 Å². The van der Waals surface area contributed by atoms with E-state index in [0.717, 1.165) is 6.92 Å². The van der Waals surface area contributed by atoms with Crippen LogP contribution in [0.4, 0.5) is 13.2 Å².